The van der Waals surface area contributed by atoms with Crippen molar-refractivity contribution in [3.8, 4) is 5.75 Å². The normalized spacial score (nSPS) is 20.5. The van der Waals surface area contributed by atoms with E-state index in [-0.39, 0.29) is 11.6 Å². The second-order valence-electron chi connectivity index (χ2n) is 7.70. The first-order chi connectivity index (χ1) is 14.3. The molecule has 146 valence electrons. The molecule has 0 saturated carbocycles. The summed E-state index contributed by atoms with van der Waals surface area (Å²) in [5.41, 5.74) is 3.25. The summed E-state index contributed by atoms with van der Waals surface area (Å²) in [5.74, 6) is 1.60. The topological polar surface area (TPSA) is 86.5 Å². The summed E-state index contributed by atoms with van der Waals surface area (Å²) in [5, 5.41) is 15.9. The minimum atomic E-state index is -0.219. The van der Waals surface area contributed by atoms with Crippen LogP contribution >= 0.6 is 0 Å². The maximum Gasteiger partial charge on any atom is 0.222 e. The summed E-state index contributed by atoms with van der Waals surface area (Å²) in [4.78, 5) is 4.84. The lowest BCUT2D eigenvalue weighted by Gasteiger charge is -2.44. The Morgan fingerprint density at radius 2 is 1.86 bits per heavy atom. The monoisotopic (exact) mass is 388 g/mol. The number of ether oxygens (including phenoxy) is 2. The number of nitrogens with zero attached hydrogens (tertiary/aromatic N) is 5. The maximum absolute atomic E-state index is 6.49. The zero-order valence-electron chi connectivity index (χ0n) is 15.8. The first-order valence-electron chi connectivity index (χ1n) is 9.90. The van der Waals surface area contributed by atoms with Gasteiger partial charge in [-0.3, -0.25) is 0 Å². The fraction of sp³-hybridized carbons (Fsp3) is 0.333. The van der Waals surface area contributed by atoms with Crippen LogP contribution in [-0.4, -0.2) is 43.8 Å². The Kier molecular flexibility index (Phi) is 3.67. The van der Waals surface area contributed by atoms with Crippen LogP contribution in [0.25, 0.3) is 16.7 Å². The predicted octanol–water partition coefficient (Wildman–Crippen LogP) is 3.16. The molecule has 0 bridgehead atoms. The van der Waals surface area contributed by atoms with E-state index in [0.29, 0.717) is 11.5 Å². The Balaban J connectivity index is 1.45. The Bertz CT molecular complexity index is 1200. The Labute approximate surface area is 166 Å². The third kappa shape index (κ3) is 2.71. The number of aromatic nitrogens is 5. The van der Waals surface area contributed by atoms with Crippen LogP contribution in [0.1, 0.15) is 30.9 Å². The minimum Gasteiger partial charge on any atom is -0.487 e. The number of nitrogens with one attached hydrogen (secondary N) is 1. The second-order valence-corrected chi connectivity index (χ2v) is 7.70. The van der Waals surface area contributed by atoms with Crippen LogP contribution in [-0.2, 0) is 4.74 Å². The van der Waals surface area contributed by atoms with Crippen molar-refractivity contribution in [2.45, 2.75) is 30.9 Å². The average Bonchev–Trinajstić information content (AvgIpc) is 3.25. The van der Waals surface area contributed by atoms with Gasteiger partial charge in [0.1, 0.15) is 11.4 Å². The molecule has 0 amide bonds. The molecule has 8 nitrogen and oxygen atoms in total. The van der Waals surface area contributed by atoms with E-state index in [1.54, 1.807) is 4.52 Å². The van der Waals surface area contributed by atoms with Crippen molar-refractivity contribution < 1.29 is 9.47 Å². The standard InChI is InChI=1S/C21H20N6O2/c1-4-8-18-14(5-1)16(13-21(29-18)9-11-28-12-10-21)23-19-20-24-25-26-27(20)17-7-3-2-6-15(17)22-19/h1-8,16H,9-13H2,(H,22,23). The highest BCUT2D eigenvalue weighted by molar-refractivity contribution is 5.82. The van der Waals surface area contributed by atoms with Crippen molar-refractivity contribution >= 4 is 22.5 Å². The molecule has 4 aromatic rings. The van der Waals surface area contributed by atoms with Gasteiger partial charge in [0.25, 0.3) is 0 Å². The smallest absolute Gasteiger partial charge is 0.222 e. The molecule has 1 spiro atoms. The molecule has 8 heteroatoms. The van der Waals surface area contributed by atoms with E-state index < -0.39 is 0 Å². The van der Waals surface area contributed by atoms with Crippen molar-refractivity contribution in [2.75, 3.05) is 18.5 Å². The molecule has 1 saturated heterocycles. The lowest BCUT2D eigenvalue weighted by molar-refractivity contribution is -0.0608. The number of hydrogen-bond acceptors (Lipinski definition) is 7. The predicted molar refractivity (Wildman–Crippen MR) is 107 cm³/mol. The largest absolute Gasteiger partial charge is 0.487 e. The SMILES string of the molecule is c1ccc2c(c1)OC1(CCOCC1)CC2Nc1nc2ccccc2n2nnnc12. The molecule has 2 aromatic carbocycles. The van der Waals surface area contributed by atoms with Crippen molar-refractivity contribution in [1.29, 1.82) is 0 Å². The fourth-order valence-corrected chi connectivity index (χ4v) is 4.46. The fourth-order valence-electron chi connectivity index (χ4n) is 4.46. The summed E-state index contributed by atoms with van der Waals surface area (Å²) in [6.07, 6.45) is 2.61. The summed E-state index contributed by atoms with van der Waals surface area (Å²) >= 11 is 0. The second kappa shape index (κ2) is 6.38. The van der Waals surface area contributed by atoms with Gasteiger partial charge in [0.15, 0.2) is 5.82 Å². The van der Waals surface area contributed by atoms with Crippen LogP contribution < -0.4 is 10.1 Å². The molecule has 0 radical (unpaired) electrons. The Hall–Kier alpha value is -3.26. The first-order valence-corrected chi connectivity index (χ1v) is 9.90. The number of benzene rings is 2. The van der Waals surface area contributed by atoms with E-state index in [2.05, 4.69) is 26.9 Å². The van der Waals surface area contributed by atoms with Gasteiger partial charge in [-0.15, -0.1) is 5.10 Å². The molecule has 6 rings (SSSR count). The summed E-state index contributed by atoms with van der Waals surface area (Å²) < 4.78 is 13.8. The van der Waals surface area contributed by atoms with E-state index in [0.717, 1.165) is 54.8 Å². The highest BCUT2D eigenvalue weighted by atomic mass is 16.5. The molecule has 2 aromatic heterocycles. The number of anilines is 1. The highest BCUT2D eigenvalue weighted by Crippen LogP contribution is 2.45. The van der Waals surface area contributed by atoms with Crippen molar-refractivity contribution in [2.24, 2.45) is 0 Å². The molecule has 2 aliphatic heterocycles. The molecule has 29 heavy (non-hydrogen) atoms. The van der Waals surface area contributed by atoms with Crippen LogP contribution in [0.5, 0.6) is 5.75 Å². The Morgan fingerprint density at radius 3 is 2.79 bits per heavy atom. The number of hydrogen-bond donors (Lipinski definition) is 1. The first kappa shape index (κ1) is 16.7. The zero-order valence-corrected chi connectivity index (χ0v) is 15.8. The van der Waals surface area contributed by atoms with Gasteiger partial charge >= 0.3 is 0 Å². The molecular weight excluding hydrogens is 368 g/mol. The van der Waals surface area contributed by atoms with E-state index in [9.17, 15) is 0 Å². The van der Waals surface area contributed by atoms with Gasteiger partial charge in [-0.05, 0) is 28.6 Å². The van der Waals surface area contributed by atoms with E-state index in [1.165, 1.54) is 0 Å². The number of tetrazole rings is 1. The highest BCUT2D eigenvalue weighted by Gasteiger charge is 2.42. The molecule has 4 heterocycles. The maximum atomic E-state index is 6.49. The minimum absolute atomic E-state index is 0.0483. The van der Waals surface area contributed by atoms with Crippen LogP contribution in [0.3, 0.4) is 0 Å². The molecule has 1 unspecified atom stereocenters. The average molecular weight is 388 g/mol. The number of fused-ring (bicyclic) bond motifs is 4. The summed E-state index contributed by atoms with van der Waals surface area (Å²) in [6.45, 7) is 1.45. The number of rotatable bonds is 2. The third-order valence-electron chi connectivity index (χ3n) is 5.94. The molecule has 1 N–H and O–H groups in total. The van der Waals surface area contributed by atoms with Crippen molar-refractivity contribution in [3.63, 3.8) is 0 Å². The van der Waals surface area contributed by atoms with E-state index in [1.807, 2.05) is 42.5 Å². The zero-order chi connectivity index (χ0) is 19.3. The van der Waals surface area contributed by atoms with Crippen LogP contribution in [0.2, 0.25) is 0 Å². The van der Waals surface area contributed by atoms with Gasteiger partial charge in [0, 0.05) is 24.8 Å². The summed E-state index contributed by atoms with van der Waals surface area (Å²) in [6, 6.07) is 16.1. The molecule has 0 aliphatic carbocycles. The molecule has 1 atom stereocenters. The quantitative estimate of drug-likeness (QED) is 0.564. The lowest BCUT2D eigenvalue weighted by atomic mass is 9.82. The van der Waals surface area contributed by atoms with Crippen LogP contribution in [0.4, 0.5) is 5.82 Å². The van der Waals surface area contributed by atoms with Gasteiger partial charge in [-0.2, -0.15) is 4.52 Å². The number of para-hydroxylation sites is 3. The molecular formula is C21H20N6O2. The van der Waals surface area contributed by atoms with Gasteiger partial charge in [0.05, 0.1) is 30.3 Å². The van der Waals surface area contributed by atoms with Crippen LogP contribution in [0.15, 0.2) is 48.5 Å². The molecule has 1 fully saturated rings. The van der Waals surface area contributed by atoms with Crippen molar-refractivity contribution in [3.05, 3.63) is 54.1 Å². The lowest BCUT2D eigenvalue weighted by Crippen LogP contribution is -2.46. The van der Waals surface area contributed by atoms with E-state index >= 15 is 0 Å². The van der Waals surface area contributed by atoms with Gasteiger partial charge in [-0.1, -0.05) is 30.3 Å². The van der Waals surface area contributed by atoms with Gasteiger partial charge in [-0.25, -0.2) is 4.98 Å². The molecule has 2 aliphatic rings. The Morgan fingerprint density at radius 1 is 1.03 bits per heavy atom. The van der Waals surface area contributed by atoms with Gasteiger partial charge in [0.2, 0.25) is 5.65 Å². The van der Waals surface area contributed by atoms with Crippen molar-refractivity contribution in [1.82, 2.24) is 25.0 Å². The third-order valence-corrected chi connectivity index (χ3v) is 5.94. The summed E-state index contributed by atoms with van der Waals surface area (Å²) in [7, 11) is 0. The van der Waals surface area contributed by atoms with Crippen LogP contribution in [0, 0.1) is 0 Å². The van der Waals surface area contributed by atoms with Gasteiger partial charge < -0.3 is 14.8 Å². The van der Waals surface area contributed by atoms with E-state index in [4.69, 9.17) is 14.5 Å².